The van der Waals surface area contributed by atoms with E-state index in [0.717, 1.165) is 0 Å². The highest BCUT2D eigenvalue weighted by Crippen LogP contribution is 2.40. The lowest BCUT2D eigenvalue weighted by molar-refractivity contribution is -0.123. The molecule has 0 amide bonds. The number of hydrogen-bond acceptors (Lipinski definition) is 5. The molecule has 0 aliphatic heterocycles. The maximum Gasteiger partial charge on any atom is 0.147 e. The number of para-hydroxylation sites is 2. The van der Waals surface area contributed by atoms with Crippen molar-refractivity contribution >= 4 is 5.78 Å². The predicted molar refractivity (Wildman–Crippen MR) is 140 cm³/mol. The number of aliphatic hydroxyl groups is 1. The first-order chi connectivity index (χ1) is 17.4. The molecule has 1 N–H and O–H groups in total. The summed E-state index contributed by atoms with van der Waals surface area (Å²) in [5, 5.41) is 10.1. The van der Waals surface area contributed by atoms with Gasteiger partial charge >= 0.3 is 0 Å². The van der Waals surface area contributed by atoms with Crippen LogP contribution in [0.1, 0.15) is 30.5 Å². The van der Waals surface area contributed by atoms with Crippen molar-refractivity contribution in [2.45, 2.75) is 32.3 Å². The van der Waals surface area contributed by atoms with Crippen molar-refractivity contribution in [3.8, 4) is 28.7 Å². The zero-order valence-corrected chi connectivity index (χ0v) is 20.7. The first-order valence-corrected chi connectivity index (χ1v) is 11.8. The van der Waals surface area contributed by atoms with Gasteiger partial charge in [-0.1, -0.05) is 54.6 Å². The summed E-state index contributed by atoms with van der Waals surface area (Å²) in [5.41, 5.74) is 0.979. The molecular formula is C31H30O5. The third kappa shape index (κ3) is 5.42. The van der Waals surface area contributed by atoms with E-state index in [1.54, 1.807) is 7.11 Å². The number of ketones is 1. The molecule has 0 radical (unpaired) electrons. The van der Waals surface area contributed by atoms with Crippen molar-refractivity contribution in [2.75, 3.05) is 7.11 Å². The molecule has 0 fully saturated rings. The lowest BCUT2D eigenvalue weighted by atomic mass is 9.75. The van der Waals surface area contributed by atoms with Crippen molar-refractivity contribution in [1.82, 2.24) is 0 Å². The minimum Gasteiger partial charge on any atom is -0.496 e. The molecule has 4 rings (SSSR count). The fourth-order valence-corrected chi connectivity index (χ4v) is 4.26. The Hall–Kier alpha value is -4.09. The van der Waals surface area contributed by atoms with E-state index in [1.807, 2.05) is 111 Å². The molecule has 5 heteroatoms. The van der Waals surface area contributed by atoms with Crippen LogP contribution in [0.2, 0.25) is 0 Å². The summed E-state index contributed by atoms with van der Waals surface area (Å²) in [7, 11) is 1.58. The Morgan fingerprint density at radius 3 is 1.83 bits per heavy atom. The molecule has 4 aromatic carbocycles. The van der Waals surface area contributed by atoms with Crippen molar-refractivity contribution in [3.63, 3.8) is 0 Å². The average Bonchev–Trinajstić information content (AvgIpc) is 2.90. The molecule has 0 saturated heterocycles. The molecule has 0 bridgehead atoms. The maximum absolute atomic E-state index is 13.9. The molecule has 0 aliphatic carbocycles. The Bertz CT molecular complexity index is 1310. The van der Waals surface area contributed by atoms with Crippen LogP contribution in [0.15, 0.2) is 97.1 Å². The van der Waals surface area contributed by atoms with Gasteiger partial charge in [-0.05, 0) is 61.9 Å². The Balaban J connectivity index is 1.71. The zero-order chi connectivity index (χ0) is 25.5. The molecule has 0 saturated carbocycles. The van der Waals surface area contributed by atoms with Gasteiger partial charge in [-0.3, -0.25) is 4.79 Å². The number of aliphatic hydroxyl groups excluding tert-OH is 1. The van der Waals surface area contributed by atoms with Gasteiger partial charge in [0.05, 0.1) is 19.1 Å². The van der Waals surface area contributed by atoms with Gasteiger partial charge in [0.25, 0.3) is 0 Å². The van der Waals surface area contributed by atoms with E-state index in [-0.39, 0.29) is 18.8 Å². The first kappa shape index (κ1) is 25.0. The number of carbonyl (C=O) groups is 1. The summed E-state index contributed by atoms with van der Waals surface area (Å²) >= 11 is 0. The van der Waals surface area contributed by atoms with Crippen molar-refractivity contribution < 1.29 is 24.1 Å². The molecule has 4 aromatic rings. The molecule has 0 heterocycles. The Morgan fingerprint density at radius 2 is 1.25 bits per heavy atom. The van der Waals surface area contributed by atoms with Crippen LogP contribution >= 0.6 is 0 Å². The number of benzene rings is 4. The normalized spacial score (nSPS) is 11.1. The molecule has 0 aliphatic rings. The summed E-state index contributed by atoms with van der Waals surface area (Å²) in [5.74, 6) is 2.92. The topological polar surface area (TPSA) is 65.0 Å². The molecule has 0 aromatic heterocycles. The van der Waals surface area contributed by atoms with Crippen molar-refractivity contribution in [3.05, 3.63) is 114 Å². The standard InChI is InChI=1S/C31H30O5/c1-31(2,30-22(21-32)12-10-19-28(30)36-24-15-8-5-9-16-24)29(33)20-25-26(34-3)17-11-18-27(25)35-23-13-6-4-7-14-23/h4-19,32H,20-21H2,1-3H3. The minimum atomic E-state index is -0.978. The highest BCUT2D eigenvalue weighted by Gasteiger charge is 2.35. The largest absolute Gasteiger partial charge is 0.496 e. The number of carbonyl (C=O) groups excluding carboxylic acids is 1. The van der Waals surface area contributed by atoms with Gasteiger partial charge in [0, 0.05) is 17.5 Å². The van der Waals surface area contributed by atoms with Gasteiger partial charge in [-0.15, -0.1) is 0 Å². The number of ether oxygens (including phenoxy) is 3. The smallest absolute Gasteiger partial charge is 0.147 e. The maximum atomic E-state index is 13.9. The van der Waals surface area contributed by atoms with Crippen molar-refractivity contribution in [1.29, 1.82) is 0 Å². The zero-order valence-electron chi connectivity index (χ0n) is 20.7. The second-order valence-electron chi connectivity index (χ2n) is 8.94. The lowest BCUT2D eigenvalue weighted by Gasteiger charge is -2.29. The molecule has 5 nitrogen and oxygen atoms in total. The number of hydrogen-bond donors (Lipinski definition) is 1. The van der Waals surface area contributed by atoms with E-state index in [1.165, 1.54) is 0 Å². The summed E-state index contributed by atoms with van der Waals surface area (Å²) in [6, 6.07) is 29.8. The second-order valence-corrected chi connectivity index (χ2v) is 8.94. The van der Waals surface area contributed by atoms with Crippen LogP contribution in [0, 0.1) is 0 Å². The van der Waals surface area contributed by atoms with Crippen LogP contribution in [0.5, 0.6) is 28.7 Å². The third-order valence-corrected chi connectivity index (χ3v) is 6.19. The second kappa shape index (κ2) is 11.1. The van der Waals surface area contributed by atoms with E-state index in [0.29, 0.717) is 45.4 Å². The van der Waals surface area contributed by atoms with Crippen LogP contribution in [-0.4, -0.2) is 18.0 Å². The van der Waals surface area contributed by atoms with Crippen LogP contribution in [-0.2, 0) is 23.2 Å². The lowest BCUT2D eigenvalue weighted by Crippen LogP contribution is -2.32. The molecule has 184 valence electrons. The molecule has 36 heavy (non-hydrogen) atoms. The Labute approximate surface area is 211 Å². The van der Waals surface area contributed by atoms with Gasteiger partial charge in [0.15, 0.2) is 0 Å². The molecule has 0 spiro atoms. The molecule has 0 unspecified atom stereocenters. The highest BCUT2D eigenvalue weighted by atomic mass is 16.5. The quantitative estimate of drug-likeness (QED) is 0.267. The van der Waals surface area contributed by atoms with Gasteiger partial charge in [-0.25, -0.2) is 0 Å². The summed E-state index contributed by atoms with van der Waals surface area (Å²) < 4.78 is 17.9. The van der Waals surface area contributed by atoms with Gasteiger partial charge in [0.1, 0.15) is 34.5 Å². The van der Waals surface area contributed by atoms with Crippen LogP contribution in [0.3, 0.4) is 0 Å². The number of rotatable bonds is 10. The molecular weight excluding hydrogens is 452 g/mol. The fourth-order valence-electron chi connectivity index (χ4n) is 4.26. The van der Waals surface area contributed by atoms with E-state index < -0.39 is 5.41 Å². The van der Waals surface area contributed by atoms with E-state index in [9.17, 15) is 9.90 Å². The van der Waals surface area contributed by atoms with E-state index in [4.69, 9.17) is 14.2 Å². The summed E-state index contributed by atoms with van der Waals surface area (Å²) in [6.45, 7) is 3.50. The summed E-state index contributed by atoms with van der Waals surface area (Å²) in [6.07, 6.45) is 0.0731. The monoisotopic (exact) mass is 482 g/mol. The Morgan fingerprint density at radius 1 is 0.722 bits per heavy atom. The minimum absolute atomic E-state index is 0.0660. The van der Waals surface area contributed by atoms with Gasteiger partial charge in [0.2, 0.25) is 0 Å². The highest BCUT2D eigenvalue weighted by molar-refractivity contribution is 5.93. The molecule has 0 atom stereocenters. The Kier molecular flexibility index (Phi) is 7.71. The van der Waals surface area contributed by atoms with E-state index in [2.05, 4.69) is 0 Å². The van der Waals surface area contributed by atoms with E-state index >= 15 is 0 Å². The van der Waals surface area contributed by atoms with Crippen LogP contribution in [0.25, 0.3) is 0 Å². The SMILES string of the molecule is COc1cccc(Oc2ccccc2)c1CC(=O)C(C)(C)c1c(CO)cccc1Oc1ccccc1. The van der Waals surface area contributed by atoms with Gasteiger partial charge < -0.3 is 19.3 Å². The van der Waals surface area contributed by atoms with Crippen LogP contribution < -0.4 is 14.2 Å². The van der Waals surface area contributed by atoms with Crippen LogP contribution in [0.4, 0.5) is 0 Å². The number of methoxy groups -OCH3 is 1. The first-order valence-electron chi connectivity index (χ1n) is 11.8. The predicted octanol–water partition coefficient (Wildman–Crippen LogP) is 6.86. The summed E-state index contributed by atoms with van der Waals surface area (Å²) in [4.78, 5) is 13.9. The number of Topliss-reactive ketones (excluding diaryl/α,β-unsaturated/α-hetero) is 1. The van der Waals surface area contributed by atoms with Crippen molar-refractivity contribution in [2.24, 2.45) is 0 Å². The fraction of sp³-hybridized carbons (Fsp3) is 0.194. The van der Waals surface area contributed by atoms with Gasteiger partial charge in [-0.2, -0.15) is 0 Å². The average molecular weight is 483 g/mol. The third-order valence-electron chi connectivity index (χ3n) is 6.19.